The highest BCUT2D eigenvalue weighted by molar-refractivity contribution is 9.10. The van der Waals surface area contributed by atoms with Crippen LogP contribution in [0.3, 0.4) is 0 Å². The van der Waals surface area contributed by atoms with Gasteiger partial charge in [-0.05, 0) is 54.9 Å². The highest BCUT2D eigenvalue weighted by Crippen LogP contribution is 2.35. The van der Waals surface area contributed by atoms with Gasteiger partial charge in [0.05, 0.1) is 12.2 Å². The fraction of sp³-hybridized carbons (Fsp3) is 0.667. The largest absolute Gasteiger partial charge is 0.375 e. The summed E-state index contributed by atoms with van der Waals surface area (Å²) in [6, 6.07) is 4.54. The Morgan fingerprint density at radius 2 is 2.05 bits per heavy atom. The van der Waals surface area contributed by atoms with E-state index in [9.17, 15) is 0 Å². The summed E-state index contributed by atoms with van der Waals surface area (Å²) >= 11 is 3.42. The fourth-order valence-corrected chi connectivity index (χ4v) is 3.40. The topological polar surface area (TPSA) is 34.2 Å². The smallest absolute Gasteiger partial charge is 0.0597 e. The average molecular weight is 327 g/mol. The molecule has 1 N–H and O–H groups in total. The first kappa shape index (κ1) is 14.9. The van der Waals surface area contributed by atoms with Crippen molar-refractivity contribution in [2.45, 2.75) is 45.4 Å². The van der Waals surface area contributed by atoms with Crippen molar-refractivity contribution in [1.82, 2.24) is 10.3 Å². The van der Waals surface area contributed by atoms with E-state index in [1.54, 1.807) is 0 Å². The number of halogens is 1. The van der Waals surface area contributed by atoms with Gasteiger partial charge in [0.25, 0.3) is 0 Å². The van der Waals surface area contributed by atoms with Gasteiger partial charge in [-0.25, -0.2) is 0 Å². The molecule has 1 aromatic heterocycles. The zero-order valence-corrected chi connectivity index (χ0v) is 13.6. The molecule has 1 fully saturated rings. The third kappa shape index (κ3) is 3.36. The SMILES string of the molecule is CNC(Cc1ccc(Br)cn1)C1C(C)OC(C)C1C. The molecule has 1 aliphatic heterocycles. The molecule has 1 saturated heterocycles. The second kappa shape index (κ2) is 6.33. The number of nitrogens with zero attached hydrogens (tertiary/aromatic N) is 1. The highest BCUT2D eigenvalue weighted by atomic mass is 79.9. The molecule has 3 nitrogen and oxygen atoms in total. The molecule has 106 valence electrons. The number of ether oxygens (including phenoxy) is 1. The predicted octanol–water partition coefficient (Wildman–Crippen LogP) is 3.03. The van der Waals surface area contributed by atoms with Gasteiger partial charge in [0.1, 0.15) is 0 Å². The Morgan fingerprint density at radius 3 is 2.53 bits per heavy atom. The van der Waals surface area contributed by atoms with E-state index in [1.807, 2.05) is 13.2 Å². The molecule has 0 radical (unpaired) electrons. The van der Waals surface area contributed by atoms with E-state index >= 15 is 0 Å². The summed E-state index contributed by atoms with van der Waals surface area (Å²) in [6.07, 6.45) is 3.45. The van der Waals surface area contributed by atoms with Gasteiger partial charge in [0, 0.05) is 34.7 Å². The van der Waals surface area contributed by atoms with Crippen LogP contribution in [0.2, 0.25) is 0 Å². The molecule has 0 aromatic carbocycles. The Bertz CT molecular complexity index is 409. The van der Waals surface area contributed by atoms with Crippen molar-refractivity contribution in [3.63, 3.8) is 0 Å². The van der Waals surface area contributed by atoms with E-state index in [1.165, 1.54) is 0 Å². The minimum atomic E-state index is 0.304. The van der Waals surface area contributed by atoms with Crippen molar-refractivity contribution in [1.29, 1.82) is 0 Å². The van der Waals surface area contributed by atoms with Gasteiger partial charge in [-0.3, -0.25) is 4.98 Å². The molecule has 2 heterocycles. The minimum absolute atomic E-state index is 0.304. The van der Waals surface area contributed by atoms with Crippen molar-refractivity contribution >= 4 is 15.9 Å². The Kier molecular flexibility index (Phi) is 4.98. The first-order valence-electron chi connectivity index (χ1n) is 6.96. The fourth-order valence-electron chi connectivity index (χ4n) is 3.17. The molecule has 0 bridgehead atoms. The zero-order valence-electron chi connectivity index (χ0n) is 12.1. The van der Waals surface area contributed by atoms with Crippen molar-refractivity contribution in [3.05, 3.63) is 28.5 Å². The number of hydrogen-bond acceptors (Lipinski definition) is 3. The van der Waals surface area contributed by atoms with Crippen LogP contribution >= 0.6 is 15.9 Å². The van der Waals surface area contributed by atoms with Crippen molar-refractivity contribution in [2.24, 2.45) is 11.8 Å². The predicted molar refractivity (Wildman–Crippen MR) is 81.2 cm³/mol. The number of likely N-dealkylation sites (N-methyl/N-ethyl adjacent to an activating group) is 1. The molecule has 2 rings (SSSR count). The average Bonchev–Trinajstić information content (AvgIpc) is 2.63. The standard InChI is InChI=1S/C15H23BrN2O/c1-9-10(2)19-11(3)15(9)14(17-4)7-13-6-5-12(16)8-18-13/h5-6,8-11,14-15,17H,7H2,1-4H3. The maximum atomic E-state index is 5.96. The van der Waals surface area contributed by atoms with Crippen LogP contribution in [-0.4, -0.2) is 30.3 Å². The first-order valence-corrected chi connectivity index (χ1v) is 7.75. The van der Waals surface area contributed by atoms with Crippen LogP contribution in [0.4, 0.5) is 0 Å². The Balaban J connectivity index is 2.09. The Hall–Kier alpha value is -0.450. The van der Waals surface area contributed by atoms with Crippen LogP contribution in [0.5, 0.6) is 0 Å². The van der Waals surface area contributed by atoms with Crippen LogP contribution in [-0.2, 0) is 11.2 Å². The maximum Gasteiger partial charge on any atom is 0.0597 e. The summed E-state index contributed by atoms with van der Waals surface area (Å²) in [5, 5.41) is 3.46. The Labute approximate surface area is 124 Å². The number of rotatable bonds is 4. The van der Waals surface area contributed by atoms with Gasteiger partial charge in [0.15, 0.2) is 0 Å². The molecular formula is C15H23BrN2O. The van der Waals surface area contributed by atoms with Gasteiger partial charge < -0.3 is 10.1 Å². The molecule has 1 aliphatic rings. The van der Waals surface area contributed by atoms with Crippen molar-refractivity contribution < 1.29 is 4.74 Å². The van der Waals surface area contributed by atoms with E-state index < -0.39 is 0 Å². The second-order valence-corrected chi connectivity index (χ2v) is 6.47. The summed E-state index contributed by atoms with van der Waals surface area (Å²) in [4.78, 5) is 4.48. The third-order valence-electron chi connectivity index (χ3n) is 4.37. The quantitative estimate of drug-likeness (QED) is 0.923. The van der Waals surface area contributed by atoms with E-state index in [4.69, 9.17) is 4.74 Å². The van der Waals surface area contributed by atoms with Crippen LogP contribution in [0, 0.1) is 11.8 Å². The third-order valence-corrected chi connectivity index (χ3v) is 4.84. The number of pyridine rings is 1. The van der Waals surface area contributed by atoms with E-state index in [-0.39, 0.29) is 0 Å². The molecule has 0 amide bonds. The zero-order chi connectivity index (χ0) is 14.0. The van der Waals surface area contributed by atoms with E-state index in [0.717, 1.165) is 16.6 Å². The lowest BCUT2D eigenvalue weighted by atomic mass is 9.81. The van der Waals surface area contributed by atoms with E-state index in [2.05, 4.69) is 59.1 Å². The molecule has 0 aliphatic carbocycles. The van der Waals surface area contributed by atoms with Crippen LogP contribution in [0.25, 0.3) is 0 Å². The molecule has 5 unspecified atom stereocenters. The maximum absolute atomic E-state index is 5.96. The summed E-state index contributed by atoms with van der Waals surface area (Å²) in [5.41, 5.74) is 1.13. The van der Waals surface area contributed by atoms with Gasteiger partial charge in [-0.1, -0.05) is 6.92 Å². The van der Waals surface area contributed by atoms with Crippen LogP contribution < -0.4 is 5.32 Å². The normalized spacial score (nSPS) is 32.5. The van der Waals surface area contributed by atoms with Crippen molar-refractivity contribution in [2.75, 3.05) is 7.05 Å². The Morgan fingerprint density at radius 1 is 1.32 bits per heavy atom. The lowest BCUT2D eigenvalue weighted by Crippen LogP contribution is -2.41. The second-order valence-electron chi connectivity index (χ2n) is 5.55. The molecule has 0 saturated carbocycles. The minimum Gasteiger partial charge on any atom is -0.375 e. The number of hydrogen-bond donors (Lipinski definition) is 1. The molecule has 19 heavy (non-hydrogen) atoms. The van der Waals surface area contributed by atoms with Crippen LogP contribution in [0.1, 0.15) is 26.5 Å². The summed E-state index contributed by atoms with van der Waals surface area (Å²) in [6.45, 7) is 6.65. The van der Waals surface area contributed by atoms with E-state index in [0.29, 0.717) is 30.1 Å². The van der Waals surface area contributed by atoms with Gasteiger partial charge in [-0.15, -0.1) is 0 Å². The molecule has 5 atom stereocenters. The highest BCUT2D eigenvalue weighted by Gasteiger charge is 2.41. The molecule has 0 spiro atoms. The number of nitrogens with one attached hydrogen (secondary N) is 1. The number of aromatic nitrogens is 1. The van der Waals surface area contributed by atoms with Gasteiger partial charge in [0.2, 0.25) is 0 Å². The van der Waals surface area contributed by atoms with Crippen molar-refractivity contribution in [3.8, 4) is 0 Å². The summed E-state index contributed by atoms with van der Waals surface area (Å²) < 4.78 is 6.98. The molecule has 1 aromatic rings. The van der Waals surface area contributed by atoms with Gasteiger partial charge in [-0.2, -0.15) is 0 Å². The van der Waals surface area contributed by atoms with Crippen LogP contribution in [0.15, 0.2) is 22.8 Å². The molecular weight excluding hydrogens is 304 g/mol. The molecule has 4 heteroatoms. The lowest BCUT2D eigenvalue weighted by molar-refractivity contribution is 0.0478. The lowest BCUT2D eigenvalue weighted by Gasteiger charge is -2.28. The monoisotopic (exact) mass is 326 g/mol. The summed E-state index contributed by atoms with van der Waals surface area (Å²) in [7, 11) is 2.03. The van der Waals surface area contributed by atoms with Gasteiger partial charge >= 0.3 is 0 Å². The summed E-state index contributed by atoms with van der Waals surface area (Å²) in [5.74, 6) is 1.10. The first-order chi connectivity index (χ1) is 9.02.